The van der Waals surface area contributed by atoms with E-state index in [9.17, 15) is 18.0 Å². The molecule has 0 saturated heterocycles. The first kappa shape index (κ1) is 23.0. The maximum atomic E-state index is 13.5. The highest BCUT2D eigenvalue weighted by molar-refractivity contribution is 7.92. The molecule has 0 radical (unpaired) electrons. The van der Waals surface area contributed by atoms with Crippen molar-refractivity contribution >= 4 is 33.1 Å². The predicted octanol–water partition coefficient (Wildman–Crippen LogP) is 4.04. The zero-order valence-electron chi connectivity index (χ0n) is 18.0. The van der Waals surface area contributed by atoms with Crippen molar-refractivity contribution in [3.8, 4) is 5.75 Å². The number of methoxy groups -OCH3 is 1. The molecule has 1 N–H and O–H groups in total. The molecule has 0 aliphatic carbocycles. The first-order valence-electron chi connectivity index (χ1n) is 9.85. The summed E-state index contributed by atoms with van der Waals surface area (Å²) in [5.74, 6) is -0.380. The number of ether oxygens (including phenoxy) is 1. The number of amides is 1. The van der Waals surface area contributed by atoms with Crippen molar-refractivity contribution in [3.05, 3.63) is 83.9 Å². The predicted molar refractivity (Wildman–Crippen MR) is 124 cm³/mol. The first-order chi connectivity index (χ1) is 15.2. The Labute approximate surface area is 187 Å². The molecule has 7 nitrogen and oxygen atoms in total. The van der Waals surface area contributed by atoms with Crippen molar-refractivity contribution in [1.82, 2.24) is 0 Å². The van der Waals surface area contributed by atoms with Crippen molar-refractivity contribution in [2.45, 2.75) is 18.7 Å². The van der Waals surface area contributed by atoms with Crippen LogP contribution in [0.3, 0.4) is 0 Å². The van der Waals surface area contributed by atoms with Gasteiger partial charge in [-0.1, -0.05) is 36.4 Å². The van der Waals surface area contributed by atoms with Gasteiger partial charge in [-0.15, -0.1) is 0 Å². The lowest BCUT2D eigenvalue weighted by Crippen LogP contribution is -2.38. The van der Waals surface area contributed by atoms with E-state index in [0.717, 1.165) is 9.87 Å². The highest BCUT2D eigenvalue weighted by Crippen LogP contribution is 2.33. The van der Waals surface area contributed by atoms with Crippen LogP contribution >= 0.6 is 0 Å². The van der Waals surface area contributed by atoms with E-state index in [1.165, 1.54) is 26.2 Å². The summed E-state index contributed by atoms with van der Waals surface area (Å²) in [6, 6.07) is 19.5. The van der Waals surface area contributed by atoms with Crippen molar-refractivity contribution in [1.29, 1.82) is 0 Å². The maximum absolute atomic E-state index is 13.5. The number of hydrogen-bond acceptors (Lipinski definition) is 5. The summed E-state index contributed by atoms with van der Waals surface area (Å²) in [4.78, 5) is 24.6. The van der Waals surface area contributed by atoms with Crippen LogP contribution in [-0.2, 0) is 14.8 Å². The summed E-state index contributed by atoms with van der Waals surface area (Å²) in [5.41, 5.74) is 1.90. The minimum atomic E-state index is -4.07. The second-order valence-corrected chi connectivity index (χ2v) is 9.05. The minimum Gasteiger partial charge on any atom is -0.495 e. The van der Waals surface area contributed by atoms with E-state index in [4.69, 9.17) is 4.74 Å². The molecule has 0 fully saturated rings. The van der Waals surface area contributed by atoms with Gasteiger partial charge in [0.25, 0.3) is 10.0 Å². The number of anilines is 2. The van der Waals surface area contributed by atoms with Gasteiger partial charge in [0.1, 0.15) is 12.3 Å². The minimum absolute atomic E-state index is 0.0509. The topological polar surface area (TPSA) is 92.8 Å². The normalized spacial score (nSPS) is 11.0. The van der Waals surface area contributed by atoms with E-state index in [1.807, 2.05) is 6.92 Å². The lowest BCUT2D eigenvalue weighted by atomic mass is 10.1. The van der Waals surface area contributed by atoms with Crippen LogP contribution in [0.4, 0.5) is 11.4 Å². The molecule has 32 heavy (non-hydrogen) atoms. The molecule has 0 bridgehead atoms. The van der Waals surface area contributed by atoms with Crippen LogP contribution in [0.2, 0.25) is 0 Å². The Bertz CT molecular complexity index is 1240. The van der Waals surface area contributed by atoms with E-state index in [2.05, 4.69) is 5.32 Å². The Morgan fingerprint density at radius 3 is 2.34 bits per heavy atom. The molecule has 3 rings (SSSR count). The van der Waals surface area contributed by atoms with Crippen molar-refractivity contribution in [2.75, 3.05) is 23.3 Å². The second kappa shape index (κ2) is 9.65. The number of aryl methyl sites for hydroxylation is 1. The van der Waals surface area contributed by atoms with Crippen LogP contribution in [0.1, 0.15) is 22.8 Å². The maximum Gasteiger partial charge on any atom is 0.264 e. The van der Waals surface area contributed by atoms with Gasteiger partial charge < -0.3 is 10.1 Å². The molecule has 3 aromatic rings. The summed E-state index contributed by atoms with van der Waals surface area (Å²) in [6.07, 6.45) is 0. The Hall–Kier alpha value is -3.65. The van der Waals surface area contributed by atoms with Crippen LogP contribution in [-0.4, -0.2) is 33.8 Å². The van der Waals surface area contributed by atoms with Gasteiger partial charge in [0.05, 0.1) is 17.7 Å². The standard InChI is InChI=1S/C24H24N2O5S/c1-17-12-13-23(31-3)22(14-17)26(32(29,30)21-10-5-4-6-11-21)16-24(28)25-20-9-7-8-19(15-20)18(2)27/h4-15H,16H2,1-3H3,(H,25,28). The smallest absolute Gasteiger partial charge is 0.264 e. The molecule has 8 heteroatoms. The monoisotopic (exact) mass is 452 g/mol. The van der Waals surface area contributed by atoms with Gasteiger partial charge >= 0.3 is 0 Å². The first-order valence-corrected chi connectivity index (χ1v) is 11.3. The van der Waals surface area contributed by atoms with Crippen molar-refractivity contribution < 1.29 is 22.7 Å². The van der Waals surface area contributed by atoms with Gasteiger partial charge in [0.15, 0.2) is 5.78 Å². The molecule has 1 amide bonds. The summed E-state index contributed by atoms with van der Waals surface area (Å²) in [5, 5.41) is 2.67. The quantitative estimate of drug-likeness (QED) is 0.521. The molecule has 0 aliphatic heterocycles. The molecule has 0 atom stereocenters. The summed E-state index contributed by atoms with van der Waals surface area (Å²) in [7, 11) is -2.63. The number of hydrogen-bond donors (Lipinski definition) is 1. The number of sulfonamides is 1. The molecular weight excluding hydrogens is 428 g/mol. The van der Waals surface area contributed by atoms with Gasteiger partial charge in [0, 0.05) is 11.3 Å². The molecule has 0 aliphatic rings. The zero-order chi connectivity index (χ0) is 23.3. The Kier molecular flexibility index (Phi) is 6.95. The third-order valence-electron chi connectivity index (χ3n) is 4.77. The highest BCUT2D eigenvalue weighted by atomic mass is 32.2. The Morgan fingerprint density at radius 1 is 0.969 bits per heavy atom. The lowest BCUT2D eigenvalue weighted by molar-refractivity contribution is -0.114. The van der Waals surface area contributed by atoms with E-state index in [0.29, 0.717) is 17.0 Å². The molecule has 0 aromatic heterocycles. The van der Waals surface area contributed by atoms with Gasteiger partial charge in [-0.2, -0.15) is 0 Å². The average Bonchev–Trinajstić information content (AvgIpc) is 2.78. The number of nitrogens with zero attached hydrogens (tertiary/aromatic N) is 1. The van der Waals surface area contributed by atoms with Crippen molar-refractivity contribution in [3.63, 3.8) is 0 Å². The largest absolute Gasteiger partial charge is 0.495 e. The number of benzene rings is 3. The van der Waals surface area contributed by atoms with Gasteiger partial charge in [-0.3, -0.25) is 13.9 Å². The third kappa shape index (κ3) is 5.15. The number of rotatable bonds is 8. The van der Waals surface area contributed by atoms with E-state index >= 15 is 0 Å². The summed E-state index contributed by atoms with van der Waals surface area (Å²) >= 11 is 0. The Morgan fingerprint density at radius 2 is 1.69 bits per heavy atom. The summed E-state index contributed by atoms with van der Waals surface area (Å²) < 4.78 is 33.4. The fraction of sp³-hybridized carbons (Fsp3) is 0.167. The summed E-state index contributed by atoms with van der Waals surface area (Å²) in [6.45, 7) is 2.77. The number of nitrogens with one attached hydrogen (secondary N) is 1. The molecule has 0 unspecified atom stereocenters. The van der Waals surface area contributed by atoms with Gasteiger partial charge in [-0.25, -0.2) is 8.42 Å². The van der Waals surface area contributed by atoms with Gasteiger partial charge in [-0.05, 0) is 55.8 Å². The van der Waals surface area contributed by atoms with Gasteiger partial charge in [0.2, 0.25) is 5.91 Å². The van der Waals surface area contributed by atoms with Crippen LogP contribution < -0.4 is 14.4 Å². The number of ketones is 1. The van der Waals surface area contributed by atoms with Crippen molar-refractivity contribution in [2.24, 2.45) is 0 Å². The molecule has 0 saturated carbocycles. The average molecular weight is 453 g/mol. The fourth-order valence-electron chi connectivity index (χ4n) is 3.16. The van der Waals surface area contributed by atoms with Crippen LogP contribution in [0.15, 0.2) is 77.7 Å². The number of Topliss-reactive ketones (excluding diaryl/α,β-unsaturated/α-hetero) is 1. The molecular formula is C24H24N2O5S. The van der Waals surface area contributed by atoms with Crippen LogP contribution in [0.5, 0.6) is 5.75 Å². The van der Waals surface area contributed by atoms with Crippen LogP contribution in [0, 0.1) is 6.92 Å². The molecule has 166 valence electrons. The van der Waals surface area contributed by atoms with E-state index < -0.39 is 22.5 Å². The SMILES string of the molecule is COc1ccc(C)cc1N(CC(=O)Nc1cccc(C(C)=O)c1)S(=O)(=O)c1ccccc1. The molecule has 3 aromatic carbocycles. The third-order valence-corrected chi connectivity index (χ3v) is 6.55. The molecule has 0 heterocycles. The lowest BCUT2D eigenvalue weighted by Gasteiger charge is -2.26. The van der Waals surface area contributed by atoms with E-state index in [1.54, 1.807) is 60.7 Å². The number of carbonyl (C=O) groups excluding carboxylic acids is 2. The molecule has 0 spiro atoms. The highest BCUT2D eigenvalue weighted by Gasteiger charge is 2.29. The van der Waals surface area contributed by atoms with Crippen LogP contribution in [0.25, 0.3) is 0 Å². The second-order valence-electron chi connectivity index (χ2n) is 7.19. The zero-order valence-corrected chi connectivity index (χ0v) is 18.8. The fourth-order valence-corrected chi connectivity index (χ4v) is 4.61. The number of carbonyl (C=O) groups is 2. The van der Waals surface area contributed by atoms with E-state index in [-0.39, 0.29) is 16.4 Å². The Balaban J connectivity index is 2.00.